The van der Waals surface area contributed by atoms with E-state index < -0.39 is 5.08 Å². The molecule has 2 aromatic heterocycles. The third kappa shape index (κ3) is 2.40. The van der Waals surface area contributed by atoms with Gasteiger partial charge in [0.25, 0.3) is 6.47 Å². The number of aromatic nitrogens is 2. The second-order valence-electron chi connectivity index (χ2n) is 3.52. The molecule has 0 saturated carbocycles. The summed E-state index contributed by atoms with van der Waals surface area (Å²) in [5, 5.41) is -0.673. The van der Waals surface area contributed by atoms with Crippen molar-refractivity contribution < 1.29 is 9.53 Å². The molecule has 16 heavy (non-hydrogen) atoms. The Labute approximate surface area is 97.8 Å². The summed E-state index contributed by atoms with van der Waals surface area (Å²) in [6.45, 7) is 0.448. The zero-order valence-corrected chi connectivity index (χ0v) is 10.8. The molecule has 0 saturated heterocycles. The molecule has 0 aliphatic rings. The predicted octanol–water partition coefficient (Wildman–Crippen LogP) is 1.45. The van der Waals surface area contributed by atoms with E-state index in [9.17, 15) is 4.79 Å². The molecule has 84 valence electrons. The Bertz CT molecular complexity index is 510. The van der Waals surface area contributed by atoms with E-state index in [-0.39, 0.29) is 0 Å². The Morgan fingerprint density at radius 1 is 1.50 bits per heavy atom. The number of hydrogen-bond donors (Lipinski definition) is 0. The monoisotopic (exact) mass is 254 g/mol. The molecule has 2 unspecified atom stereocenters. The van der Waals surface area contributed by atoms with Gasteiger partial charge in [0.15, 0.2) is 0 Å². The maximum atomic E-state index is 10.3. The predicted molar refractivity (Wildman–Crippen MR) is 68.2 cm³/mol. The second-order valence-corrected chi connectivity index (χ2v) is 6.15. The summed E-state index contributed by atoms with van der Waals surface area (Å²) in [4.78, 5) is 14.6. The summed E-state index contributed by atoms with van der Waals surface area (Å²) >= 11 is 0. The number of pyridine rings is 1. The molecule has 6 heteroatoms. The minimum Gasteiger partial charge on any atom is -0.453 e. The van der Waals surface area contributed by atoms with Crippen LogP contribution in [0.3, 0.4) is 0 Å². The minimum absolute atomic E-state index is 0.448. The number of carbonyl (C=O) groups is 1. The van der Waals surface area contributed by atoms with Crippen LogP contribution in [0.2, 0.25) is 0 Å². The number of imidazole rings is 1. The van der Waals surface area contributed by atoms with E-state index in [1.807, 2.05) is 28.8 Å². The topological polar surface area (TPSA) is 43.6 Å². The van der Waals surface area contributed by atoms with Crippen LogP contribution < -0.4 is 0 Å². The lowest BCUT2D eigenvalue weighted by molar-refractivity contribution is -0.131. The van der Waals surface area contributed by atoms with Gasteiger partial charge in [0.1, 0.15) is 10.7 Å². The Morgan fingerprint density at radius 2 is 2.31 bits per heavy atom. The Kier molecular flexibility index (Phi) is 3.22. The van der Waals surface area contributed by atoms with Crippen LogP contribution in [-0.4, -0.2) is 20.9 Å². The van der Waals surface area contributed by atoms with E-state index in [1.165, 1.54) is 0 Å². The van der Waals surface area contributed by atoms with Crippen LogP contribution in [0.4, 0.5) is 0 Å². The molecule has 0 aliphatic carbocycles. The van der Waals surface area contributed by atoms with Crippen LogP contribution in [0.5, 0.6) is 0 Å². The van der Waals surface area contributed by atoms with Gasteiger partial charge in [-0.15, -0.1) is 0 Å². The molecule has 0 bridgehead atoms. The fraction of sp³-hybridized carbons (Fsp3) is 0.200. The van der Waals surface area contributed by atoms with E-state index in [2.05, 4.69) is 23.5 Å². The van der Waals surface area contributed by atoms with Crippen molar-refractivity contribution in [3.63, 3.8) is 0 Å². The smallest absolute Gasteiger partial charge is 0.294 e. The first-order chi connectivity index (χ1) is 7.62. The number of nitrogens with zero attached hydrogens (tertiary/aromatic N) is 2. The van der Waals surface area contributed by atoms with Crippen molar-refractivity contribution in [3.05, 3.63) is 36.3 Å². The van der Waals surface area contributed by atoms with Crippen molar-refractivity contribution in [1.82, 2.24) is 9.38 Å². The molecule has 4 nitrogen and oxygen atoms in total. The van der Waals surface area contributed by atoms with Gasteiger partial charge in [0.2, 0.25) is 0 Å². The first-order valence-corrected chi connectivity index (χ1v) is 5.88. The highest BCUT2D eigenvalue weighted by atomic mass is 31.1. The first-order valence-electron chi connectivity index (χ1n) is 4.72. The molecule has 0 aromatic carbocycles. The zero-order valence-electron chi connectivity index (χ0n) is 8.54. The third-order valence-electron chi connectivity index (χ3n) is 2.22. The highest BCUT2D eigenvalue weighted by Gasteiger charge is 2.21. The summed E-state index contributed by atoms with van der Waals surface area (Å²) in [5.41, 5.74) is 1.87. The lowest BCUT2D eigenvalue weighted by atomic mass is 10.3. The van der Waals surface area contributed by atoms with Gasteiger partial charge in [-0.3, -0.25) is 4.79 Å². The van der Waals surface area contributed by atoms with Gasteiger partial charge in [-0.1, -0.05) is 24.5 Å². The van der Waals surface area contributed by atoms with Gasteiger partial charge in [-0.2, -0.15) is 0 Å². The van der Waals surface area contributed by atoms with Crippen LogP contribution in [0, 0.1) is 0 Å². The standard InChI is InChI=1S/C10H12N2O2P2/c13-7-14-10(15,16)5-8-6-11-9-3-1-2-4-12(8)9/h1-4,6-7H,5,15-16H2. The fourth-order valence-corrected chi connectivity index (χ4v) is 2.06. The van der Waals surface area contributed by atoms with Gasteiger partial charge >= 0.3 is 0 Å². The van der Waals surface area contributed by atoms with Crippen LogP contribution in [0.25, 0.3) is 5.65 Å². The van der Waals surface area contributed by atoms with Gasteiger partial charge in [0, 0.05) is 24.5 Å². The molecular formula is C10H12N2O2P2. The summed E-state index contributed by atoms with van der Waals surface area (Å²) in [6.07, 6.45) is 4.28. The van der Waals surface area contributed by atoms with Gasteiger partial charge < -0.3 is 9.14 Å². The van der Waals surface area contributed by atoms with Gasteiger partial charge in [-0.25, -0.2) is 4.98 Å². The summed E-state index contributed by atoms with van der Waals surface area (Å²) in [7, 11) is 5.00. The highest BCUT2D eigenvalue weighted by Crippen LogP contribution is 2.31. The minimum atomic E-state index is -0.673. The molecule has 2 aromatic rings. The van der Waals surface area contributed by atoms with Crippen molar-refractivity contribution in [2.24, 2.45) is 0 Å². The fourth-order valence-electron chi connectivity index (χ4n) is 1.53. The van der Waals surface area contributed by atoms with E-state index in [4.69, 9.17) is 4.74 Å². The number of hydrogen-bond acceptors (Lipinski definition) is 3. The highest BCUT2D eigenvalue weighted by molar-refractivity contribution is 7.39. The molecular weight excluding hydrogens is 242 g/mol. The number of carbonyl (C=O) groups excluding carboxylic acids is 1. The molecule has 0 fully saturated rings. The molecule has 2 atom stereocenters. The molecule has 0 spiro atoms. The van der Waals surface area contributed by atoms with Crippen molar-refractivity contribution in [3.8, 4) is 0 Å². The van der Waals surface area contributed by atoms with Crippen molar-refractivity contribution in [2.45, 2.75) is 11.5 Å². The van der Waals surface area contributed by atoms with Crippen molar-refractivity contribution >= 4 is 30.6 Å². The lowest BCUT2D eigenvalue weighted by Gasteiger charge is -2.21. The van der Waals surface area contributed by atoms with Gasteiger partial charge in [-0.05, 0) is 12.1 Å². The van der Waals surface area contributed by atoms with E-state index in [1.54, 1.807) is 6.20 Å². The molecule has 0 radical (unpaired) electrons. The molecule has 0 N–H and O–H groups in total. The maximum absolute atomic E-state index is 10.3. The van der Waals surface area contributed by atoms with Gasteiger partial charge in [0.05, 0.1) is 0 Å². The molecule has 0 aliphatic heterocycles. The maximum Gasteiger partial charge on any atom is 0.294 e. The van der Waals surface area contributed by atoms with E-state index >= 15 is 0 Å². The second kappa shape index (κ2) is 4.48. The molecule has 2 heterocycles. The van der Waals surface area contributed by atoms with Crippen molar-refractivity contribution in [1.29, 1.82) is 0 Å². The zero-order chi connectivity index (χ0) is 11.6. The normalized spacial score (nSPS) is 11.6. The van der Waals surface area contributed by atoms with Crippen LogP contribution in [-0.2, 0) is 16.0 Å². The van der Waals surface area contributed by atoms with Crippen LogP contribution in [0.1, 0.15) is 5.69 Å². The first kappa shape index (κ1) is 11.5. The Balaban J connectivity index is 2.31. The largest absolute Gasteiger partial charge is 0.453 e. The lowest BCUT2D eigenvalue weighted by Crippen LogP contribution is -2.19. The van der Waals surface area contributed by atoms with Crippen LogP contribution >= 0.6 is 18.5 Å². The van der Waals surface area contributed by atoms with E-state index in [0.29, 0.717) is 12.9 Å². The Hall–Kier alpha value is -0.980. The van der Waals surface area contributed by atoms with Crippen LogP contribution in [0.15, 0.2) is 30.6 Å². The third-order valence-corrected chi connectivity index (χ3v) is 2.90. The average molecular weight is 254 g/mol. The summed E-state index contributed by atoms with van der Waals surface area (Å²) < 4.78 is 6.93. The summed E-state index contributed by atoms with van der Waals surface area (Å²) in [5.74, 6) is 0. The molecule has 2 rings (SSSR count). The number of fused-ring (bicyclic) bond motifs is 1. The summed E-state index contributed by atoms with van der Waals surface area (Å²) in [6, 6.07) is 5.80. The SMILES string of the molecule is O=COC(P)(P)Cc1cnc2ccccn12. The number of ether oxygens (including phenoxy) is 1. The average Bonchev–Trinajstić information content (AvgIpc) is 2.61. The van der Waals surface area contributed by atoms with E-state index in [0.717, 1.165) is 11.3 Å². The number of rotatable bonds is 4. The Morgan fingerprint density at radius 3 is 3.06 bits per heavy atom. The van der Waals surface area contributed by atoms with Crippen molar-refractivity contribution in [2.75, 3.05) is 0 Å². The molecule has 0 amide bonds. The quantitative estimate of drug-likeness (QED) is 0.612.